The number of hydrogen-bond acceptors (Lipinski definition) is 3. The van der Waals surface area contributed by atoms with Crippen molar-refractivity contribution in [3.8, 4) is 0 Å². The maximum atomic E-state index is 13.1. The molecule has 2 rings (SSSR count). The number of imide groups is 1. The van der Waals surface area contributed by atoms with Gasteiger partial charge in [-0.05, 0) is 37.0 Å². The number of anilines is 1. The van der Waals surface area contributed by atoms with Crippen LogP contribution in [0.25, 0.3) is 0 Å². The van der Waals surface area contributed by atoms with Crippen LogP contribution in [0, 0.1) is 11.8 Å². The van der Waals surface area contributed by atoms with Gasteiger partial charge in [0.25, 0.3) is 0 Å². The Morgan fingerprint density at radius 1 is 1.10 bits per heavy atom. The predicted molar refractivity (Wildman–Crippen MR) is 116 cm³/mol. The van der Waals surface area contributed by atoms with E-state index in [1.807, 2.05) is 6.92 Å². The smallest absolute Gasteiger partial charge is 0.368 e. The Hall–Kier alpha value is -1.96. The second-order valence-corrected chi connectivity index (χ2v) is 8.79. The summed E-state index contributed by atoms with van der Waals surface area (Å²) in [5.74, 6) is 0.0524. The second kappa shape index (κ2) is 11.1. The second-order valence-electron chi connectivity index (χ2n) is 8.39. The molecule has 5 nitrogen and oxygen atoms in total. The van der Waals surface area contributed by atoms with Crippen molar-refractivity contribution in [2.24, 2.45) is 11.8 Å². The molecule has 0 spiro atoms. The number of amides is 3. The van der Waals surface area contributed by atoms with Crippen LogP contribution in [0.1, 0.15) is 52.0 Å². The largest absolute Gasteiger partial charge is 0.417 e. The SMILES string of the molecule is CCC[C@@H](CCC(C)C)C(=O)NC(=O)N1CCN(c2ccc(Cl)c(C(F)(F)F)c2)CC1. The molecule has 1 atom stereocenters. The van der Waals surface area contributed by atoms with E-state index in [0.717, 1.165) is 31.7 Å². The van der Waals surface area contributed by atoms with Gasteiger partial charge in [0.05, 0.1) is 10.6 Å². The third kappa shape index (κ3) is 7.30. The molecule has 174 valence electrons. The summed E-state index contributed by atoms with van der Waals surface area (Å²) >= 11 is 5.69. The van der Waals surface area contributed by atoms with Crippen molar-refractivity contribution < 1.29 is 22.8 Å². The Balaban J connectivity index is 1.93. The summed E-state index contributed by atoms with van der Waals surface area (Å²) in [6.45, 7) is 7.57. The lowest BCUT2D eigenvalue weighted by Crippen LogP contribution is -2.53. The number of nitrogens with zero attached hydrogens (tertiary/aromatic N) is 2. The minimum atomic E-state index is -4.53. The summed E-state index contributed by atoms with van der Waals surface area (Å²) in [4.78, 5) is 28.4. The molecule has 1 aliphatic heterocycles. The van der Waals surface area contributed by atoms with Gasteiger partial charge in [0.2, 0.25) is 5.91 Å². The molecule has 1 aromatic carbocycles. The molecule has 0 saturated carbocycles. The highest BCUT2D eigenvalue weighted by Crippen LogP contribution is 2.37. The molecule has 0 radical (unpaired) electrons. The van der Waals surface area contributed by atoms with Gasteiger partial charge in [0, 0.05) is 37.8 Å². The number of hydrogen-bond donors (Lipinski definition) is 1. The molecule has 0 bridgehead atoms. The zero-order valence-electron chi connectivity index (χ0n) is 18.3. The van der Waals surface area contributed by atoms with Gasteiger partial charge in [-0.3, -0.25) is 10.1 Å². The Bertz CT molecular complexity index is 763. The van der Waals surface area contributed by atoms with E-state index in [9.17, 15) is 22.8 Å². The summed E-state index contributed by atoms with van der Waals surface area (Å²) < 4.78 is 39.3. The number of halogens is 4. The summed E-state index contributed by atoms with van der Waals surface area (Å²) in [5, 5.41) is 2.17. The molecular formula is C22H31ClF3N3O2. The highest BCUT2D eigenvalue weighted by atomic mass is 35.5. The number of nitrogens with one attached hydrogen (secondary N) is 1. The maximum Gasteiger partial charge on any atom is 0.417 e. The first-order valence-corrected chi connectivity index (χ1v) is 11.1. The topological polar surface area (TPSA) is 52.7 Å². The van der Waals surface area contributed by atoms with Crippen LogP contribution in [0.4, 0.5) is 23.7 Å². The van der Waals surface area contributed by atoms with Crippen LogP contribution in [0.15, 0.2) is 18.2 Å². The average molecular weight is 462 g/mol. The van der Waals surface area contributed by atoms with Crippen molar-refractivity contribution in [1.82, 2.24) is 10.2 Å². The lowest BCUT2D eigenvalue weighted by atomic mass is 9.93. The van der Waals surface area contributed by atoms with E-state index < -0.39 is 17.8 Å². The molecule has 1 aromatic rings. The van der Waals surface area contributed by atoms with Crippen molar-refractivity contribution in [3.05, 3.63) is 28.8 Å². The molecule has 1 fully saturated rings. The first kappa shape index (κ1) is 25.3. The predicted octanol–water partition coefficient (Wildman–Crippen LogP) is 5.57. The molecule has 9 heteroatoms. The fraction of sp³-hybridized carbons (Fsp3) is 0.636. The zero-order valence-corrected chi connectivity index (χ0v) is 19.0. The Morgan fingerprint density at radius 3 is 2.29 bits per heavy atom. The third-order valence-corrected chi connectivity index (χ3v) is 5.85. The first-order chi connectivity index (χ1) is 14.5. The van der Waals surface area contributed by atoms with E-state index in [1.54, 1.807) is 11.0 Å². The van der Waals surface area contributed by atoms with Crippen molar-refractivity contribution in [3.63, 3.8) is 0 Å². The fourth-order valence-corrected chi connectivity index (χ4v) is 3.90. The lowest BCUT2D eigenvalue weighted by molar-refractivity contribution is -0.137. The van der Waals surface area contributed by atoms with Crippen molar-refractivity contribution >= 4 is 29.2 Å². The maximum absolute atomic E-state index is 13.1. The standard InChI is InChI=1S/C22H31ClF3N3O2/c1-4-5-16(7-6-15(2)3)20(30)27-21(31)29-12-10-28(11-13-29)17-8-9-19(23)18(14-17)22(24,25)26/h8-9,14-16H,4-7,10-13H2,1-3H3,(H,27,30,31)/t16-/m0/s1. The molecule has 1 aliphatic rings. The number of carbonyl (C=O) groups is 2. The summed E-state index contributed by atoms with van der Waals surface area (Å²) in [7, 11) is 0. The van der Waals surface area contributed by atoms with E-state index in [1.165, 1.54) is 11.0 Å². The highest BCUT2D eigenvalue weighted by molar-refractivity contribution is 6.31. The Labute approximate surface area is 186 Å². The van der Waals surface area contributed by atoms with Gasteiger partial charge >= 0.3 is 12.2 Å². The number of rotatable bonds is 7. The van der Waals surface area contributed by atoms with E-state index in [0.29, 0.717) is 37.8 Å². The van der Waals surface area contributed by atoms with Crippen LogP contribution in [0.5, 0.6) is 0 Å². The van der Waals surface area contributed by atoms with Crippen LogP contribution < -0.4 is 10.2 Å². The minimum absolute atomic E-state index is 0.188. The van der Waals surface area contributed by atoms with Crippen molar-refractivity contribution in [1.29, 1.82) is 0 Å². The summed E-state index contributed by atoms with van der Waals surface area (Å²) in [6, 6.07) is 3.37. The Kier molecular flexibility index (Phi) is 9.03. The molecule has 1 N–H and O–H groups in total. The quantitative estimate of drug-likeness (QED) is 0.577. The molecular weight excluding hydrogens is 431 g/mol. The normalized spacial score (nSPS) is 15.9. The number of carbonyl (C=O) groups excluding carboxylic acids is 2. The van der Waals surface area contributed by atoms with E-state index >= 15 is 0 Å². The van der Waals surface area contributed by atoms with Crippen molar-refractivity contribution in [2.75, 3.05) is 31.1 Å². The van der Waals surface area contributed by atoms with E-state index in [2.05, 4.69) is 19.2 Å². The van der Waals surface area contributed by atoms with Crippen LogP contribution in [0.2, 0.25) is 5.02 Å². The van der Waals surface area contributed by atoms with Crippen molar-refractivity contribution in [2.45, 2.75) is 52.6 Å². The number of piperazine rings is 1. The van der Waals surface area contributed by atoms with E-state index in [4.69, 9.17) is 11.6 Å². The van der Waals surface area contributed by atoms with Gasteiger partial charge in [-0.25, -0.2) is 4.79 Å². The third-order valence-electron chi connectivity index (χ3n) is 5.52. The van der Waals surface area contributed by atoms with Crippen LogP contribution >= 0.6 is 11.6 Å². The van der Waals surface area contributed by atoms with Gasteiger partial charge in [0.15, 0.2) is 0 Å². The molecule has 3 amide bonds. The van der Waals surface area contributed by atoms with Gasteiger partial charge in [0.1, 0.15) is 0 Å². The fourth-order valence-electron chi connectivity index (χ4n) is 3.67. The molecule has 0 aromatic heterocycles. The van der Waals surface area contributed by atoms with Gasteiger partial charge in [-0.2, -0.15) is 13.2 Å². The molecule has 31 heavy (non-hydrogen) atoms. The van der Waals surface area contributed by atoms with Crippen LogP contribution in [-0.2, 0) is 11.0 Å². The highest BCUT2D eigenvalue weighted by Gasteiger charge is 2.34. The summed E-state index contributed by atoms with van der Waals surface area (Å²) in [5.41, 5.74) is -0.467. The zero-order chi connectivity index (χ0) is 23.2. The average Bonchev–Trinajstić information content (AvgIpc) is 2.70. The lowest BCUT2D eigenvalue weighted by Gasteiger charge is -2.36. The number of benzene rings is 1. The number of urea groups is 1. The monoisotopic (exact) mass is 461 g/mol. The van der Waals surface area contributed by atoms with Gasteiger partial charge < -0.3 is 9.80 Å². The molecule has 1 heterocycles. The van der Waals surface area contributed by atoms with Gasteiger partial charge in [-0.1, -0.05) is 45.2 Å². The Morgan fingerprint density at radius 2 is 1.74 bits per heavy atom. The minimum Gasteiger partial charge on any atom is -0.368 e. The van der Waals surface area contributed by atoms with Gasteiger partial charge in [-0.15, -0.1) is 0 Å². The number of alkyl halides is 3. The first-order valence-electron chi connectivity index (χ1n) is 10.7. The molecule has 0 aliphatic carbocycles. The van der Waals surface area contributed by atoms with E-state index in [-0.39, 0.29) is 16.8 Å². The van der Waals surface area contributed by atoms with Crippen LogP contribution in [-0.4, -0.2) is 43.0 Å². The van der Waals surface area contributed by atoms with Crippen LogP contribution in [0.3, 0.4) is 0 Å². The molecule has 1 saturated heterocycles. The summed E-state index contributed by atoms with van der Waals surface area (Å²) in [6.07, 6.45) is -1.26. The molecule has 0 unspecified atom stereocenters.